The lowest BCUT2D eigenvalue weighted by atomic mass is 10.0. The van der Waals surface area contributed by atoms with Gasteiger partial charge in [-0.05, 0) is 58.9 Å². The van der Waals surface area contributed by atoms with Crippen molar-refractivity contribution in [3.8, 4) is 17.1 Å². The van der Waals surface area contributed by atoms with Crippen LogP contribution in [0.1, 0.15) is 41.0 Å². The Morgan fingerprint density at radius 1 is 1.16 bits per heavy atom. The van der Waals surface area contributed by atoms with Crippen molar-refractivity contribution < 1.29 is 23.8 Å². The van der Waals surface area contributed by atoms with Crippen LogP contribution in [-0.2, 0) is 21.3 Å². The van der Waals surface area contributed by atoms with Crippen molar-refractivity contribution in [2.45, 2.75) is 58.3 Å². The minimum absolute atomic E-state index is 0.0000211. The molecule has 1 N–H and O–H groups in total. The van der Waals surface area contributed by atoms with Crippen LogP contribution in [0.4, 0.5) is 10.5 Å². The van der Waals surface area contributed by atoms with Gasteiger partial charge in [0.25, 0.3) is 5.91 Å². The zero-order valence-corrected chi connectivity index (χ0v) is 22.5. The third-order valence-corrected chi connectivity index (χ3v) is 6.16. The number of anilines is 1. The van der Waals surface area contributed by atoms with Crippen molar-refractivity contribution >= 4 is 28.6 Å². The molecule has 0 aliphatic carbocycles. The van der Waals surface area contributed by atoms with Crippen molar-refractivity contribution in [3.05, 3.63) is 36.5 Å². The van der Waals surface area contributed by atoms with Crippen LogP contribution >= 0.6 is 0 Å². The maximum Gasteiger partial charge on any atom is 0.410 e. The number of hydrogen-bond acceptors (Lipinski definition) is 7. The van der Waals surface area contributed by atoms with Gasteiger partial charge in [-0.15, -0.1) is 0 Å². The molecule has 1 aliphatic heterocycles. The molecule has 4 rings (SSSR count). The fourth-order valence-electron chi connectivity index (χ4n) is 4.37. The molecule has 3 aromatic rings. The Kier molecular flexibility index (Phi) is 7.14. The molecule has 2 amide bonds. The van der Waals surface area contributed by atoms with Gasteiger partial charge < -0.3 is 24.4 Å². The molecule has 2 aromatic heterocycles. The summed E-state index contributed by atoms with van der Waals surface area (Å²) in [4.78, 5) is 31.7. The number of amides is 2. The summed E-state index contributed by atoms with van der Waals surface area (Å²) in [6, 6.07) is 9.37. The number of likely N-dealkylation sites (tertiary alicyclic amines) is 1. The van der Waals surface area contributed by atoms with Crippen LogP contribution in [0.15, 0.2) is 36.5 Å². The normalized spacial score (nSPS) is 17.9. The Labute approximate surface area is 216 Å². The Hall–Kier alpha value is -3.66. The lowest BCUT2D eigenvalue weighted by molar-refractivity contribution is -0.136. The minimum Gasteiger partial charge on any atom is -0.475 e. The third-order valence-electron chi connectivity index (χ3n) is 6.16. The number of carbonyl (C=O) groups excluding carboxylic acids is 2. The van der Waals surface area contributed by atoms with Crippen molar-refractivity contribution in [2.24, 2.45) is 7.05 Å². The van der Waals surface area contributed by atoms with Gasteiger partial charge in [-0.25, -0.2) is 9.78 Å². The number of hydrogen-bond donors (Lipinski definition) is 1. The molecule has 1 atom stereocenters. The number of ether oxygens (including phenoxy) is 3. The van der Waals surface area contributed by atoms with E-state index < -0.39 is 17.3 Å². The highest BCUT2D eigenvalue weighted by Gasteiger charge is 2.47. The molecule has 10 nitrogen and oxygen atoms in total. The second kappa shape index (κ2) is 10.0. The van der Waals surface area contributed by atoms with Gasteiger partial charge in [0.1, 0.15) is 11.3 Å². The third kappa shape index (κ3) is 5.69. The van der Waals surface area contributed by atoms with Crippen molar-refractivity contribution in [1.82, 2.24) is 19.7 Å². The van der Waals surface area contributed by atoms with Gasteiger partial charge >= 0.3 is 6.09 Å². The summed E-state index contributed by atoms with van der Waals surface area (Å²) >= 11 is 0. The minimum atomic E-state index is -1.17. The Morgan fingerprint density at radius 2 is 1.92 bits per heavy atom. The highest BCUT2D eigenvalue weighted by molar-refractivity contribution is 6.02. The zero-order valence-electron chi connectivity index (χ0n) is 22.5. The molecule has 0 saturated carbocycles. The van der Waals surface area contributed by atoms with Crippen LogP contribution in [0.25, 0.3) is 22.2 Å². The van der Waals surface area contributed by atoms with E-state index in [-0.39, 0.29) is 18.6 Å². The molecule has 0 unspecified atom stereocenters. The second-order valence-electron chi connectivity index (χ2n) is 10.6. The first-order valence-electron chi connectivity index (χ1n) is 12.4. The van der Waals surface area contributed by atoms with Crippen LogP contribution < -0.4 is 10.1 Å². The Bertz CT molecular complexity index is 1310. The van der Waals surface area contributed by atoms with E-state index in [4.69, 9.17) is 19.3 Å². The van der Waals surface area contributed by atoms with Gasteiger partial charge in [-0.1, -0.05) is 0 Å². The predicted molar refractivity (Wildman–Crippen MR) is 141 cm³/mol. The molecule has 1 aliphatic rings. The summed E-state index contributed by atoms with van der Waals surface area (Å²) in [6.45, 7) is 9.80. The van der Waals surface area contributed by atoms with Gasteiger partial charge in [0.05, 0.1) is 18.2 Å². The molecule has 1 fully saturated rings. The van der Waals surface area contributed by atoms with Gasteiger partial charge in [0, 0.05) is 56.0 Å². The number of methoxy groups -OCH3 is 1. The average molecular weight is 510 g/mol. The topological polar surface area (TPSA) is 108 Å². The highest BCUT2D eigenvalue weighted by Crippen LogP contribution is 2.33. The van der Waals surface area contributed by atoms with Crippen LogP contribution in [0, 0.1) is 0 Å². The number of rotatable bonds is 6. The van der Waals surface area contributed by atoms with E-state index in [2.05, 4.69) is 10.3 Å². The first kappa shape index (κ1) is 26.4. The van der Waals surface area contributed by atoms with Gasteiger partial charge in [-0.2, -0.15) is 5.10 Å². The molecule has 198 valence electrons. The number of aromatic nitrogens is 3. The molecule has 1 saturated heterocycles. The van der Waals surface area contributed by atoms with E-state index in [9.17, 15) is 9.59 Å². The van der Waals surface area contributed by atoms with E-state index in [1.807, 2.05) is 72.0 Å². The average Bonchev–Trinajstić information content (AvgIpc) is 3.40. The number of carbonyl (C=O) groups is 2. The fraction of sp³-hybridized carbons (Fsp3) is 0.481. The molecule has 37 heavy (non-hydrogen) atoms. The van der Waals surface area contributed by atoms with Crippen molar-refractivity contribution in [3.63, 3.8) is 0 Å². The summed E-state index contributed by atoms with van der Waals surface area (Å²) in [5.74, 6) is 0.205. The predicted octanol–water partition coefficient (Wildman–Crippen LogP) is 4.39. The molecule has 10 heteroatoms. The van der Waals surface area contributed by atoms with Gasteiger partial charge in [0.15, 0.2) is 5.60 Å². The number of nitrogens with one attached hydrogen (secondary N) is 1. The summed E-state index contributed by atoms with van der Waals surface area (Å²) in [6.07, 6.45) is 1.60. The molecule has 1 aromatic carbocycles. The summed E-state index contributed by atoms with van der Waals surface area (Å²) in [5.41, 5.74) is 1.34. The fourth-order valence-corrected chi connectivity index (χ4v) is 4.37. The van der Waals surface area contributed by atoms with Crippen LogP contribution in [0.5, 0.6) is 5.88 Å². The van der Waals surface area contributed by atoms with Gasteiger partial charge in [-0.3, -0.25) is 9.48 Å². The quantitative estimate of drug-likeness (QED) is 0.525. The van der Waals surface area contributed by atoms with Crippen molar-refractivity contribution in [2.75, 3.05) is 25.5 Å². The van der Waals surface area contributed by atoms with Gasteiger partial charge in [0.2, 0.25) is 5.88 Å². The Morgan fingerprint density at radius 3 is 2.59 bits per heavy atom. The monoisotopic (exact) mass is 509 g/mol. The Balaban J connectivity index is 1.58. The number of pyridine rings is 1. The summed E-state index contributed by atoms with van der Waals surface area (Å²) < 4.78 is 18.7. The highest BCUT2D eigenvalue weighted by atomic mass is 16.6. The smallest absolute Gasteiger partial charge is 0.410 e. The number of aryl methyl sites for hydroxylation is 1. The molecular weight excluding hydrogens is 474 g/mol. The number of benzene rings is 1. The number of fused-ring (bicyclic) bond motifs is 1. The van der Waals surface area contributed by atoms with E-state index in [0.717, 1.165) is 22.2 Å². The van der Waals surface area contributed by atoms with E-state index in [1.165, 1.54) is 12.0 Å². The first-order chi connectivity index (χ1) is 17.4. The number of nitrogens with zero attached hydrogens (tertiary/aromatic N) is 4. The van der Waals surface area contributed by atoms with Crippen LogP contribution in [0.2, 0.25) is 0 Å². The molecular formula is C27H35N5O5. The first-order valence-corrected chi connectivity index (χ1v) is 12.4. The van der Waals surface area contributed by atoms with E-state index in [0.29, 0.717) is 24.5 Å². The molecule has 0 spiro atoms. The summed E-state index contributed by atoms with van der Waals surface area (Å²) in [7, 11) is 3.36. The lowest BCUT2D eigenvalue weighted by Gasteiger charge is -2.28. The van der Waals surface area contributed by atoms with Crippen LogP contribution in [0.3, 0.4) is 0 Å². The van der Waals surface area contributed by atoms with Crippen LogP contribution in [-0.4, -0.2) is 69.2 Å². The second-order valence-corrected chi connectivity index (χ2v) is 10.6. The largest absolute Gasteiger partial charge is 0.475 e. The lowest BCUT2D eigenvalue weighted by Crippen LogP contribution is -2.48. The summed E-state index contributed by atoms with van der Waals surface area (Å²) in [5, 5.41) is 8.56. The van der Waals surface area contributed by atoms with E-state index >= 15 is 0 Å². The van der Waals surface area contributed by atoms with E-state index in [1.54, 1.807) is 10.9 Å². The molecule has 0 radical (unpaired) electrons. The standard InChI is InChI=1S/C27H35N5O5/c1-17(2)36-22-14-18(10-12-28-22)23-20-15-19(8-9-21(20)31(6)30-23)29-24(33)27(35-7)11-13-32(16-27)25(34)37-26(3,4)5/h8-10,12,14-15,17H,11,13,16H2,1-7H3,(H,29,33)/t27-/m0/s1. The maximum absolute atomic E-state index is 13.4. The SMILES string of the molecule is CO[C@@]1(C(=O)Nc2ccc3c(c2)c(-c2ccnc(OC(C)C)c2)nn3C)CCN(C(=O)OC(C)(C)C)C1. The molecule has 3 heterocycles. The van der Waals surface area contributed by atoms with Crippen molar-refractivity contribution in [1.29, 1.82) is 0 Å². The molecule has 0 bridgehead atoms. The maximum atomic E-state index is 13.4. The zero-order chi connectivity index (χ0) is 27.0.